The molecule has 1 heterocycles. The monoisotopic (exact) mass is 319 g/mol. The molecular weight excluding hydrogens is 294 g/mol. The van der Waals surface area contributed by atoms with Crippen LogP contribution in [0.3, 0.4) is 0 Å². The van der Waals surface area contributed by atoms with Crippen LogP contribution in [-0.2, 0) is 20.7 Å². The number of anilines is 1. The molecule has 0 radical (unpaired) electrons. The summed E-state index contributed by atoms with van der Waals surface area (Å²) >= 11 is 0. The number of hydrogen-bond donors (Lipinski definition) is 2. The summed E-state index contributed by atoms with van der Waals surface area (Å²) in [5, 5.41) is 2.84. The van der Waals surface area contributed by atoms with Gasteiger partial charge in [0.15, 0.2) is 0 Å². The van der Waals surface area contributed by atoms with Crippen molar-refractivity contribution in [3.8, 4) is 0 Å². The molecule has 1 aliphatic heterocycles. The summed E-state index contributed by atoms with van der Waals surface area (Å²) in [5.41, 5.74) is 7.52. The van der Waals surface area contributed by atoms with E-state index < -0.39 is 6.04 Å². The van der Waals surface area contributed by atoms with Gasteiger partial charge in [0.1, 0.15) is 6.04 Å². The smallest absolute Gasteiger partial charge is 0.245 e. The van der Waals surface area contributed by atoms with Crippen molar-refractivity contribution in [2.45, 2.75) is 32.2 Å². The SMILES string of the molecule is CCC(NC(=O)CCc1ccccc1N)C(=O)N1CCOCC1. The lowest BCUT2D eigenvalue weighted by Gasteiger charge is -2.30. The summed E-state index contributed by atoms with van der Waals surface area (Å²) in [6, 6.07) is 7.05. The highest BCUT2D eigenvalue weighted by Crippen LogP contribution is 2.12. The van der Waals surface area contributed by atoms with Gasteiger partial charge in [0.25, 0.3) is 0 Å². The molecule has 0 aliphatic carbocycles. The lowest BCUT2D eigenvalue weighted by atomic mass is 10.1. The van der Waals surface area contributed by atoms with Gasteiger partial charge in [-0.05, 0) is 24.5 Å². The lowest BCUT2D eigenvalue weighted by molar-refractivity contribution is -0.140. The van der Waals surface area contributed by atoms with Crippen LogP contribution in [-0.4, -0.2) is 49.1 Å². The topological polar surface area (TPSA) is 84.7 Å². The first kappa shape index (κ1) is 17.3. The van der Waals surface area contributed by atoms with Gasteiger partial charge in [-0.1, -0.05) is 25.1 Å². The molecule has 0 spiro atoms. The van der Waals surface area contributed by atoms with Crippen LogP contribution in [0, 0.1) is 0 Å². The number of para-hydroxylation sites is 1. The zero-order chi connectivity index (χ0) is 16.7. The first-order valence-corrected chi connectivity index (χ1v) is 8.11. The number of carbonyl (C=O) groups is 2. The molecule has 1 saturated heterocycles. The maximum Gasteiger partial charge on any atom is 0.245 e. The predicted molar refractivity (Wildman–Crippen MR) is 88.8 cm³/mol. The minimum atomic E-state index is -0.464. The Kier molecular flexibility index (Phi) is 6.40. The van der Waals surface area contributed by atoms with Crippen molar-refractivity contribution in [1.82, 2.24) is 10.2 Å². The van der Waals surface area contributed by atoms with Gasteiger partial charge in [-0.25, -0.2) is 0 Å². The fourth-order valence-electron chi connectivity index (χ4n) is 2.62. The second-order valence-electron chi connectivity index (χ2n) is 5.66. The molecule has 0 aromatic heterocycles. The molecule has 1 aliphatic rings. The van der Waals surface area contributed by atoms with Gasteiger partial charge in [0.2, 0.25) is 11.8 Å². The molecule has 23 heavy (non-hydrogen) atoms. The number of carbonyl (C=O) groups excluding carboxylic acids is 2. The molecule has 0 bridgehead atoms. The normalized spacial score (nSPS) is 16.0. The van der Waals surface area contributed by atoms with Crippen molar-refractivity contribution in [3.63, 3.8) is 0 Å². The first-order valence-electron chi connectivity index (χ1n) is 8.11. The second kappa shape index (κ2) is 8.53. The third kappa shape index (κ3) is 4.96. The quantitative estimate of drug-likeness (QED) is 0.765. The Hall–Kier alpha value is -2.08. The van der Waals surface area contributed by atoms with Crippen LogP contribution >= 0.6 is 0 Å². The summed E-state index contributed by atoms with van der Waals surface area (Å²) in [7, 11) is 0. The average molecular weight is 319 g/mol. The van der Waals surface area contributed by atoms with E-state index in [-0.39, 0.29) is 11.8 Å². The fourth-order valence-corrected chi connectivity index (χ4v) is 2.62. The number of nitrogens with zero attached hydrogens (tertiary/aromatic N) is 1. The Bertz CT molecular complexity index is 542. The Labute approximate surface area is 137 Å². The van der Waals surface area contributed by atoms with E-state index in [4.69, 9.17) is 10.5 Å². The molecule has 1 aromatic rings. The number of nitrogens with two attached hydrogens (primary N) is 1. The van der Waals surface area contributed by atoms with Gasteiger partial charge < -0.3 is 20.7 Å². The summed E-state index contributed by atoms with van der Waals surface area (Å²) < 4.78 is 5.25. The van der Waals surface area contributed by atoms with Gasteiger partial charge in [0.05, 0.1) is 13.2 Å². The van der Waals surface area contributed by atoms with Crippen LogP contribution in [0.5, 0.6) is 0 Å². The summed E-state index contributed by atoms with van der Waals surface area (Å²) in [4.78, 5) is 26.3. The van der Waals surface area contributed by atoms with E-state index in [9.17, 15) is 9.59 Å². The van der Waals surface area contributed by atoms with E-state index in [2.05, 4.69) is 5.32 Å². The van der Waals surface area contributed by atoms with Gasteiger partial charge in [-0.3, -0.25) is 9.59 Å². The minimum Gasteiger partial charge on any atom is -0.399 e. The maximum absolute atomic E-state index is 12.4. The van der Waals surface area contributed by atoms with E-state index in [1.54, 1.807) is 4.90 Å². The van der Waals surface area contributed by atoms with Crippen LogP contribution in [0.1, 0.15) is 25.3 Å². The zero-order valence-corrected chi connectivity index (χ0v) is 13.6. The molecule has 2 amide bonds. The maximum atomic E-state index is 12.4. The number of hydrogen-bond acceptors (Lipinski definition) is 4. The van der Waals surface area contributed by atoms with Crippen molar-refractivity contribution >= 4 is 17.5 Å². The number of nitrogens with one attached hydrogen (secondary N) is 1. The van der Waals surface area contributed by atoms with Crippen LogP contribution in [0.2, 0.25) is 0 Å². The standard InChI is InChI=1S/C17H25N3O3/c1-2-15(17(22)20-9-11-23-12-10-20)19-16(21)8-7-13-5-3-4-6-14(13)18/h3-6,15H,2,7-12,18H2,1H3,(H,19,21). The highest BCUT2D eigenvalue weighted by molar-refractivity contribution is 5.87. The Morgan fingerprint density at radius 2 is 2.00 bits per heavy atom. The Morgan fingerprint density at radius 1 is 1.30 bits per heavy atom. The van der Waals surface area contributed by atoms with E-state index in [0.29, 0.717) is 51.3 Å². The highest BCUT2D eigenvalue weighted by atomic mass is 16.5. The van der Waals surface area contributed by atoms with Crippen molar-refractivity contribution in [3.05, 3.63) is 29.8 Å². The van der Waals surface area contributed by atoms with E-state index in [1.165, 1.54) is 0 Å². The molecule has 6 heteroatoms. The molecule has 1 fully saturated rings. The molecular formula is C17H25N3O3. The average Bonchev–Trinajstić information content (AvgIpc) is 2.59. The minimum absolute atomic E-state index is 0.0247. The van der Waals surface area contributed by atoms with Crippen molar-refractivity contribution in [1.29, 1.82) is 0 Å². The number of ether oxygens (including phenoxy) is 1. The van der Waals surface area contributed by atoms with Crippen LogP contribution in [0.15, 0.2) is 24.3 Å². The van der Waals surface area contributed by atoms with Crippen molar-refractivity contribution in [2.24, 2.45) is 0 Å². The van der Waals surface area contributed by atoms with E-state index in [0.717, 1.165) is 5.56 Å². The second-order valence-corrected chi connectivity index (χ2v) is 5.66. The molecule has 1 atom stereocenters. The number of rotatable bonds is 6. The third-order valence-electron chi connectivity index (χ3n) is 4.04. The van der Waals surface area contributed by atoms with Gasteiger partial charge in [-0.15, -0.1) is 0 Å². The zero-order valence-electron chi connectivity index (χ0n) is 13.6. The number of benzene rings is 1. The highest BCUT2D eigenvalue weighted by Gasteiger charge is 2.25. The molecule has 1 aromatic carbocycles. The first-order chi connectivity index (χ1) is 11.1. The fraction of sp³-hybridized carbons (Fsp3) is 0.529. The molecule has 1 unspecified atom stereocenters. The Balaban J connectivity index is 1.84. The van der Waals surface area contributed by atoms with Gasteiger partial charge >= 0.3 is 0 Å². The molecule has 0 saturated carbocycles. The summed E-state index contributed by atoms with van der Waals surface area (Å²) in [5.74, 6) is -0.148. The molecule has 3 N–H and O–H groups in total. The number of amides is 2. The number of nitrogen functional groups attached to an aromatic ring is 1. The summed E-state index contributed by atoms with van der Waals surface area (Å²) in [6.45, 7) is 4.20. The predicted octanol–water partition coefficient (Wildman–Crippen LogP) is 0.955. The lowest BCUT2D eigenvalue weighted by Crippen LogP contribution is -2.51. The van der Waals surface area contributed by atoms with Crippen LogP contribution in [0.25, 0.3) is 0 Å². The van der Waals surface area contributed by atoms with Crippen LogP contribution < -0.4 is 11.1 Å². The van der Waals surface area contributed by atoms with Gasteiger partial charge in [-0.2, -0.15) is 0 Å². The Morgan fingerprint density at radius 3 is 2.65 bits per heavy atom. The molecule has 126 valence electrons. The van der Waals surface area contributed by atoms with Crippen LogP contribution in [0.4, 0.5) is 5.69 Å². The number of aryl methyl sites for hydroxylation is 1. The summed E-state index contributed by atoms with van der Waals surface area (Å²) in [6.07, 6.45) is 1.47. The third-order valence-corrected chi connectivity index (χ3v) is 4.04. The van der Waals surface area contributed by atoms with E-state index >= 15 is 0 Å². The van der Waals surface area contributed by atoms with Gasteiger partial charge in [0, 0.05) is 25.2 Å². The number of morpholine rings is 1. The molecule has 2 rings (SSSR count). The van der Waals surface area contributed by atoms with Crippen molar-refractivity contribution in [2.75, 3.05) is 32.0 Å². The van der Waals surface area contributed by atoms with E-state index in [1.807, 2.05) is 31.2 Å². The molecule has 6 nitrogen and oxygen atoms in total. The van der Waals surface area contributed by atoms with Crippen molar-refractivity contribution < 1.29 is 14.3 Å². The largest absolute Gasteiger partial charge is 0.399 e.